The number of nitrogens with zero attached hydrogens (tertiary/aromatic N) is 3. The van der Waals surface area contributed by atoms with Gasteiger partial charge in [0.15, 0.2) is 0 Å². The molecule has 4 aromatic rings. The fraction of sp³-hybridized carbons (Fsp3) is 0.258. The lowest BCUT2D eigenvalue weighted by atomic mass is 9.67. The van der Waals surface area contributed by atoms with Crippen LogP contribution in [0.15, 0.2) is 84.9 Å². The Morgan fingerprint density at radius 2 is 1.52 bits per heavy atom. The predicted molar refractivity (Wildman–Crippen MR) is 147 cm³/mol. The third-order valence-electron chi connectivity index (χ3n) is 7.14. The van der Waals surface area contributed by atoms with Gasteiger partial charge in [-0.1, -0.05) is 84.9 Å². The van der Waals surface area contributed by atoms with Crippen LogP contribution in [0, 0.1) is 10.1 Å². The molecule has 1 atom stereocenters. The normalized spacial score (nSPS) is 16.0. The second-order valence-corrected chi connectivity index (χ2v) is 9.67. The van der Waals surface area contributed by atoms with Crippen LogP contribution < -0.4 is 9.47 Å². The smallest absolute Gasteiger partial charge is 0.352 e. The molecule has 1 aliphatic carbocycles. The van der Waals surface area contributed by atoms with Gasteiger partial charge in [-0.05, 0) is 41.5 Å². The summed E-state index contributed by atoms with van der Waals surface area (Å²) >= 11 is 0. The zero-order valence-corrected chi connectivity index (χ0v) is 22.1. The minimum Gasteiger partial charge on any atom is -0.468 e. The molecule has 0 amide bonds. The molecule has 0 N–H and O–H groups in total. The number of carbonyl (C=O) groups excluding carboxylic acids is 1. The molecular weight excluding hydrogens is 510 g/mol. The van der Waals surface area contributed by atoms with Crippen molar-refractivity contribution in [2.24, 2.45) is 0 Å². The van der Waals surface area contributed by atoms with Crippen molar-refractivity contribution in [2.45, 2.75) is 44.3 Å². The summed E-state index contributed by atoms with van der Waals surface area (Å²) in [5.41, 5.74) is 2.00. The van der Waals surface area contributed by atoms with E-state index in [1.54, 1.807) is 0 Å². The van der Waals surface area contributed by atoms with Gasteiger partial charge < -0.3 is 14.2 Å². The number of hydrogen-bond donors (Lipinski definition) is 0. The molecule has 1 unspecified atom stereocenters. The predicted octanol–water partition coefficient (Wildman–Crippen LogP) is 5.53. The Morgan fingerprint density at radius 3 is 2.17 bits per heavy atom. The summed E-state index contributed by atoms with van der Waals surface area (Å²) in [6, 6.07) is 26.3. The number of hydrogen-bond acceptors (Lipinski definition) is 8. The third kappa shape index (κ3) is 5.63. The van der Waals surface area contributed by atoms with E-state index in [1.807, 2.05) is 84.9 Å². The van der Waals surface area contributed by atoms with Gasteiger partial charge in [0.1, 0.15) is 18.9 Å². The van der Waals surface area contributed by atoms with E-state index in [2.05, 4.69) is 9.97 Å². The van der Waals surface area contributed by atoms with Crippen LogP contribution in [0.2, 0.25) is 0 Å². The first-order valence-electron chi connectivity index (χ1n) is 13.1. The number of methoxy groups -OCH3 is 1. The van der Waals surface area contributed by atoms with Gasteiger partial charge >= 0.3 is 23.5 Å². The molecule has 1 aromatic heterocycles. The highest BCUT2D eigenvalue weighted by Gasteiger charge is 2.47. The van der Waals surface area contributed by atoms with E-state index in [0.717, 1.165) is 35.1 Å². The van der Waals surface area contributed by atoms with Gasteiger partial charge in [-0.3, -0.25) is 14.9 Å². The Kier molecular flexibility index (Phi) is 8.00. The highest BCUT2D eigenvalue weighted by Crippen LogP contribution is 2.43. The number of aryl methyl sites for hydroxylation is 1. The topological polar surface area (TPSA) is 114 Å². The lowest BCUT2D eigenvalue weighted by Gasteiger charge is -2.36. The van der Waals surface area contributed by atoms with Crippen LogP contribution in [0.25, 0.3) is 0 Å². The number of aromatic nitrogens is 2. The molecule has 5 rings (SSSR count). The maximum Gasteiger partial charge on any atom is 0.352 e. The van der Waals surface area contributed by atoms with Crippen LogP contribution in [-0.4, -0.2) is 28.0 Å². The number of benzene rings is 3. The van der Waals surface area contributed by atoms with Crippen LogP contribution in [-0.2, 0) is 41.0 Å². The molecule has 204 valence electrons. The number of nitro groups is 1. The average molecular weight is 540 g/mol. The lowest BCUT2D eigenvalue weighted by molar-refractivity contribution is -0.387. The van der Waals surface area contributed by atoms with E-state index in [4.69, 9.17) is 14.2 Å². The minimum atomic E-state index is -1.16. The van der Waals surface area contributed by atoms with E-state index < -0.39 is 22.0 Å². The van der Waals surface area contributed by atoms with Crippen molar-refractivity contribution in [1.82, 2.24) is 9.97 Å². The van der Waals surface area contributed by atoms with Crippen molar-refractivity contribution in [3.63, 3.8) is 0 Å². The number of rotatable bonds is 10. The number of ether oxygens (including phenoxy) is 3. The summed E-state index contributed by atoms with van der Waals surface area (Å²) in [5, 5.41) is 12.5. The molecular formula is C31H29N3O6. The average Bonchev–Trinajstić information content (AvgIpc) is 2.99. The van der Waals surface area contributed by atoms with E-state index >= 15 is 0 Å². The molecule has 0 saturated heterocycles. The molecule has 0 fully saturated rings. The Balaban J connectivity index is 1.59. The zero-order chi connectivity index (χ0) is 28.0. The van der Waals surface area contributed by atoms with Crippen molar-refractivity contribution >= 4 is 11.7 Å². The van der Waals surface area contributed by atoms with Crippen LogP contribution in [0.4, 0.5) is 5.69 Å². The monoisotopic (exact) mass is 539 g/mol. The molecule has 9 heteroatoms. The largest absolute Gasteiger partial charge is 0.468 e. The summed E-state index contributed by atoms with van der Waals surface area (Å²) in [4.78, 5) is 34.1. The molecule has 1 aliphatic rings. The van der Waals surface area contributed by atoms with Crippen LogP contribution in [0.5, 0.6) is 11.9 Å². The molecule has 0 bridgehead atoms. The Morgan fingerprint density at radius 1 is 0.900 bits per heavy atom. The van der Waals surface area contributed by atoms with Gasteiger partial charge in [-0.25, -0.2) is 0 Å². The van der Waals surface area contributed by atoms with Gasteiger partial charge in [0.25, 0.3) is 0 Å². The number of fused-ring (bicyclic) bond motifs is 1. The van der Waals surface area contributed by atoms with Crippen molar-refractivity contribution in [1.29, 1.82) is 0 Å². The van der Waals surface area contributed by atoms with E-state index in [1.165, 1.54) is 7.11 Å². The van der Waals surface area contributed by atoms with E-state index in [-0.39, 0.29) is 37.2 Å². The third-order valence-corrected chi connectivity index (χ3v) is 7.14. The number of carbonyl (C=O) groups is 1. The van der Waals surface area contributed by atoms with Crippen LogP contribution >= 0.6 is 0 Å². The first-order valence-corrected chi connectivity index (χ1v) is 13.1. The van der Waals surface area contributed by atoms with Crippen molar-refractivity contribution in [3.05, 3.63) is 123 Å². The SMILES string of the molecule is COC(=O)C1(Cc2nc(OCc3ccccc3)nc(OCc3ccccc3)c2[N+](=O)[O-])CCCc2ccccc21. The molecule has 0 spiro atoms. The first-order chi connectivity index (χ1) is 19.5. The summed E-state index contributed by atoms with van der Waals surface area (Å²) < 4.78 is 17.1. The lowest BCUT2D eigenvalue weighted by Crippen LogP contribution is -2.42. The molecule has 3 aromatic carbocycles. The Labute approximate surface area is 231 Å². The van der Waals surface area contributed by atoms with Crippen LogP contribution in [0.1, 0.15) is 40.8 Å². The summed E-state index contributed by atoms with van der Waals surface area (Å²) in [6.07, 6.45) is 1.91. The fourth-order valence-electron chi connectivity index (χ4n) is 5.25. The maximum absolute atomic E-state index is 13.4. The maximum atomic E-state index is 13.4. The van der Waals surface area contributed by atoms with Gasteiger partial charge in [-0.15, -0.1) is 0 Å². The van der Waals surface area contributed by atoms with Gasteiger partial charge in [0, 0.05) is 6.42 Å². The standard InChI is InChI=1S/C31H29N3O6/c1-38-29(35)31(18-10-16-24-15-8-9-17-25(24)31)19-26-27(34(36)37)28(39-20-22-11-4-2-5-12-22)33-30(32-26)40-21-23-13-6-3-7-14-23/h2-9,11-15,17H,10,16,18-21H2,1H3. The molecule has 0 radical (unpaired) electrons. The molecule has 1 heterocycles. The van der Waals surface area contributed by atoms with Gasteiger partial charge in [-0.2, -0.15) is 9.97 Å². The van der Waals surface area contributed by atoms with E-state index in [0.29, 0.717) is 6.42 Å². The van der Waals surface area contributed by atoms with Gasteiger partial charge in [0.2, 0.25) is 0 Å². The van der Waals surface area contributed by atoms with Crippen molar-refractivity contribution in [2.75, 3.05) is 7.11 Å². The highest BCUT2D eigenvalue weighted by atomic mass is 16.6. The Bertz CT molecular complexity index is 1500. The minimum absolute atomic E-state index is 0.0493. The first kappa shape index (κ1) is 26.8. The quantitative estimate of drug-likeness (QED) is 0.147. The summed E-state index contributed by atoms with van der Waals surface area (Å²) in [5.74, 6) is -0.683. The zero-order valence-electron chi connectivity index (χ0n) is 22.1. The second kappa shape index (κ2) is 11.9. The fourth-order valence-corrected chi connectivity index (χ4v) is 5.25. The highest BCUT2D eigenvalue weighted by molar-refractivity contribution is 5.84. The van der Waals surface area contributed by atoms with Crippen molar-refractivity contribution in [3.8, 4) is 11.9 Å². The Hall–Kier alpha value is -4.79. The molecule has 0 aliphatic heterocycles. The van der Waals surface area contributed by atoms with Crippen molar-refractivity contribution < 1.29 is 23.9 Å². The summed E-state index contributed by atoms with van der Waals surface area (Å²) in [7, 11) is 1.33. The summed E-state index contributed by atoms with van der Waals surface area (Å²) in [6.45, 7) is 0.211. The molecule has 0 saturated carbocycles. The van der Waals surface area contributed by atoms with Crippen LogP contribution in [0.3, 0.4) is 0 Å². The molecule has 40 heavy (non-hydrogen) atoms. The second-order valence-electron chi connectivity index (χ2n) is 9.67. The molecule has 9 nitrogen and oxygen atoms in total. The number of esters is 1. The van der Waals surface area contributed by atoms with Gasteiger partial charge in [0.05, 0.1) is 17.4 Å². The van der Waals surface area contributed by atoms with E-state index in [9.17, 15) is 14.9 Å².